The molecule has 0 heterocycles. The van der Waals surface area contributed by atoms with Crippen LogP contribution in [0.4, 0.5) is 0 Å². The molecule has 6 nitrogen and oxygen atoms in total. The van der Waals surface area contributed by atoms with Crippen LogP contribution >= 0.6 is 0 Å². The van der Waals surface area contributed by atoms with Gasteiger partial charge in [-0.15, -0.1) is 0 Å². The molecule has 0 saturated carbocycles. The first-order valence-corrected chi connectivity index (χ1v) is 4.07. The minimum absolute atomic E-state index is 0. The van der Waals surface area contributed by atoms with E-state index in [1.165, 1.54) is 0 Å². The van der Waals surface area contributed by atoms with Crippen LogP contribution in [0.5, 0.6) is 0 Å². The second kappa shape index (κ2) is 8.42. The fourth-order valence-corrected chi connectivity index (χ4v) is 0. The summed E-state index contributed by atoms with van der Waals surface area (Å²) in [6.45, 7) is 0. The van der Waals surface area contributed by atoms with Gasteiger partial charge in [-0.1, -0.05) is 0 Å². The molecular formula is H9AsCaO6. The van der Waals surface area contributed by atoms with Crippen molar-refractivity contribution in [2.24, 2.45) is 0 Å². The van der Waals surface area contributed by atoms with Gasteiger partial charge in [-0.05, 0) is 0 Å². The standard InChI is InChI=1S/AsH3O4.Ca.2H2O.2H/c2-1(3,4)5;;;;;/h(H3,2,3,4,5);;2*1H2;;. The molecule has 0 aromatic rings. The van der Waals surface area contributed by atoms with Crippen LogP contribution in [0, 0.1) is 0 Å². The average molecular weight is 220 g/mol. The predicted octanol–water partition coefficient (Wildman–Crippen LogP) is -4.74. The summed E-state index contributed by atoms with van der Waals surface area (Å²) in [6, 6.07) is 0. The minimum atomic E-state index is -5.12. The Morgan fingerprint density at radius 2 is 1.00 bits per heavy atom. The van der Waals surface area contributed by atoms with Gasteiger partial charge in [-0.25, -0.2) is 0 Å². The average Bonchev–Trinajstić information content (AvgIpc) is 0.722. The molecule has 0 amide bonds. The molecule has 0 unspecified atom stereocenters. The Morgan fingerprint density at radius 3 is 1.00 bits per heavy atom. The molecule has 0 radical (unpaired) electrons. The SMILES string of the molecule is O.O.O=[As](O)(O)O.[CaH2]. The third kappa shape index (κ3) is 152. The summed E-state index contributed by atoms with van der Waals surface area (Å²) < 4.78 is 30.7. The molecule has 8 heteroatoms. The van der Waals surface area contributed by atoms with Crippen LogP contribution in [-0.4, -0.2) is 75.5 Å². The molecule has 8 heavy (non-hydrogen) atoms. The third-order valence-electron chi connectivity index (χ3n) is 0. The van der Waals surface area contributed by atoms with Crippen molar-refractivity contribution in [2.45, 2.75) is 0 Å². The van der Waals surface area contributed by atoms with E-state index in [0.717, 1.165) is 0 Å². The monoisotopic (exact) mass is 220 g/mol. The van der Waals surface area contributed by atoms with Crippen molar-refractivity contribution in [1.82, 2.24) is 0 Å². The summed E-state index contributed by atoms with van der Waals surface area (Å²) in [4.78, 5) is 0. The van der Waals surface area contributed by atoms with E-state index in [4.69, 9.17) is 16.0 Å². The normalized spacial score (nSPS) is 7.38. The maximum absolute atomic E-state index is 8.94. The Balaban J connectivity index is -0.0000000267. The van der Waals surface area contributed by atoms with Gasteiger partial charge in [0.2, 0.25) is 0 Å². The molecule has 0 aliphatic heterocycles. The molecule has 0 aromatic heterocycles. The van der Waals surface area contributed by atoms with Gasteiger partial charge in [0.15, 0.2) is 0 Å². The zero-order chi connectivity index (χ0) is 4.50. The van der Waals surface area contributed by atoms with Gasteiger partial charge in [0, 0.05) is 0 Å². The van der Waals surface area contributed by atoms with Crippen molar-refractivity contribution < 1.29 is 27.0 Å². The Hall–Kier alpha value is 1.42. The van der Waals surface area contributed by atoms with Crippen molar-refractivity contribution in [3.05, 3.63) is 0 Å². The van der Waals surface area contributed by atoms with Crippen LogP contribution < -0.4 is 0 Å². The van der Waals surface area contributed by atoms with E-state index in [9.17, 15) is 0 Å². The fourth-order valence-electron chi connectivity index (χ4n) is 0. The first kappa shape index (κ1) is 22.7. The van der Waals surface area contributed by atoms with Gasteiger partial charge in [0.25, 0.3) is 0 Å². The molecule has 52 valence electrons. The molecule has 0 aliphatic rings. The molecule has 0 saturated heterocycles. The quantitative estimate of drug-likeness (QED) is 0.352. The van der Waals surface area contributed by atoms with Crippen LogP contribution in [0.3, 0.4) is 0 Å². The second-order valence-electron chi connectivity index (χ2n) is 0.513. The zero-order valence-corrected chi connectivity index (χ0v) is 5.07. The molecule has 0 atom stereocenters. The van der Waals surface area contributed by atoms with Gasteiger partial charge in [0.05, 0.1) is 0 Å². The van der Waals surface area contributed by atoms with E-state index < -0.39 is 14.5 Å². The topological polar surface area (TPSA) is 141 Å². The van der Waals surface area contributed by atoms with Crippen molar-refractivity contribution in [3.63, 3.8) is 0 Å². The van der Waals surface area contributed by atoms with E-state index in [2.05, 4.69) is 0 Å². The molecule has 0 rings (SSSR count). The van der Waals surface area contributed by atoms with E-state index in [1.54, 1.807) is 0 Å². The summed E-state index contributed by atoms with van der Waals surface area (Å²) in [5.41, 5.74) is 0. The Bertz CT molecular complexity index is 54.7. The Labute approximate surface area is 78.5 Å². The molecule has 0 aromatic carbocycles. The van der Waals surface area contributed by atoms with Crippen LogP contribution in [0.1, 0.15) is 0 Å². The first-order valence-electron chi connectivity index (χ1n) is 0.783. The molecule has 0 fully saturated rings. The van der Waals surface area contributed by atoms with E-state index in [0.29, 0.717) is 0 Å². The van der Waals surface area contributed by atoms with Crippen molar-refractivity contribution >= 4 is 52.3 Å². The summed E-state index contributed by atoms with van der Waals surface area (Å²) in [7, 11) is 0. The number of hydrogen-bond acceptors (Lipinski definition) is 1. The van der Waals surface area contributed by atoms with Crippen LogP contribution in [0.15, 0.2) is 0 Å². The van der Waals surface area contributed by atoms with Gasteiger partial charge in [0.1, 0.15) is 0 Å². The first-order chi connectivity index (χ1) is 2.00. The van der Waals surface area contributed by atoms with Crippen molar-refractivity contribution in [1.29, 1.82) is 0 Å². The molecule has 0 bridgehead atoms. The Kier molecular flexibility index (Phi) is 23.9. The fraction of sp³-hybridized carbons (Fsp3) is 0. The number of hydrogen-bond donors (Lipinski definition) is 3. The van der Waals surface area contributed by atoms with Crippen molar-refractivity contribution in [2.75, 3.05) is 0 Å². The summed E-state index contributed by atoms with van der Waals surface area (Å²) in [5.74, 6) is 0. The van der Waals surface area contributed by atoms with Gasteiger partial charge in [-0.2, -0.15) is 0 Å². The summed E-state index contributed by atoms with van der Waals surface area (Å²) in [6.07, 6.45) is 0. The zero-order valence-electron chi connectivity index (χ0n) is 3.20. The second-order valence-corrected chi connectivity index (χ2v) is 2.67. The third-order valence-corrected chi connectivity index (χ3v) is 0. The van der Waals surface area contributed by atoms with Gasteiger partial charge < -0.3 is 11.0 Å². The van der Waals surface area contributed by atoms with Crippen LogP contribution in [-0.2, 0) is 3.74 Å². The molecule has 0 aliphatic carbocycles. The van der Waals surface area contributed by atoms with E-state index >= 15 is 0 Å². The predicted molar refractivity (Wildman–Crippen MR) is 28.9 cm³/mol. The van der Waals surface area contributed by atoms with Gasteiger partial charge in [-0.3, -0.25) is 0 Å². The van der Waals surface area contributed by atoms with Crippen molar-refractivity contribution in [3.8, 4) is 0 Å². The van der Waals surface area contributed by atoms with Crippen LogP contribution in [0.2, 0.25) is 0 Å². The molecule has 0 spiro atoms. The molecule has 7 N–H and O–H groups in total. The van der Waals surface area contributed by atoms with E-state index in [-0.39, 0.29) is 48.7 Å². The summed E-state index contributed by atoms with van der Waals surface area (Å²) in [5, 5.41) is 0. The maximum atomic E-state index is 8.94. The number of rotatable bonds is 0. The Morgan fingerprint density at radius 1 is 1.00 bits per heavy atom. The molecular weight excluding hydrogens is 211 g/mol. The summed E-state index contributed by atoms with van der Waals surface area (Å²) >= 11 is -5.12. The van der Waals surface area contributed by atoms with E-state index in [1.807, 2.05) is 0 Å². The van der Waals surface area contributed by atoms with Gasteiger partial charge >= 0.3 is 68.3 Å². The van der Waals surface area contributed by atoms with Crippen LogP contribution in [0.25, 0.3) is 0 Å².